The summed E-state index contributed by atoms with van der Waals surface area (Å²) in [6.45, 7) is -0.745. The normalized spacial score (nSPS) is 11.1. The number of nitro benzene ring substituents is 1. The van der Waals surface area contributed by atoms with Gasteiger partial charge >= 0.3 is 0 Å². The molecule has 0 saturated carbocycles. The van der Waals surface area contributed by atoms with Crippen molar-refractivity contribution in [1.82, 2.24) is 5.43 Å². The first-order valence-corrected chi connectivity index (χ1v) is 11.6. The third kappa shape index (κ3) is 5.92. The van der Waals surface area contributed by atoms with Gasteiger partial charge in [0.2, 0.25) is 0 Å². The molecule has 1 amide bonds. The van der Waals surface area contributed by atoms with E-state index in [4.69, 9.17) is 9.47 Å². The van der Waals surface area contributed by atoms with Gasteiger partial charge in [-0.05, 0) is 42.0 Å². The summed E-state index contributed by atoms with van der Waals surface area (Å²) in [5.74, 6) is 0.165. The SMILES string of the molecule is COc1ccc(/C=N\NC(=O)CN(c2ccccc2[N+](=O)[O-])S(=O)(=O)c2ccccc2)cc1OC. The highest BCUT2D eigenvalue weighted by molar-refractivity contribution is 7.92. The van der Waals surface area contributed by atoms with Gasteiger partial charge in [0.1, 0.15) is 12.2 Å². The standard InChI is InChI=1S/C23H22N4O7S/c1-33-21-13-12-17(14-22(21)34-2)15-24-25-23(28)16-26(19-10-6-7-11-20(19)27(29)30)35(31,32)18-8-4-3-5-9-18/h3-15H,16H2,1-2H3,(H,25,28)/b24-15-. The van der Waals surface area contributed by atoms with Crippen LogP contribution in [0.15, 0.2) is 82.8 Å². The van der Waals surface area contributed by atoms with Gasteiger partial charge in [0.25, 0.3) is 21.6 Å². The summed E-state index contributed by atoms with van der Waals surface area (Å²) < 4.78 is 37.7. The van der Waals surface area contributed by atoms with Crippen molar-refractivity contribution in [2.75, 3.05) is 25.1 Å². The monoisotopic (exact) mass is 498 g/mol. The van der Waals surface area contributed by atoms with Crippen LogP contribution < -0.4 is 19.2 Å². The van der Waals surface area contributed by atoms with Crippen molar-refractivity contribution in [3.63, 3.8) is 0 Å². The van der Waals surface area contributed by atoms with Crippen LogP contribution in [-0.4, -0.2) is 46.2 Å². The van der Waals surface area contributed by atoms with E-state index in [2.05, 4.69) is 10.5 Å². The molecular formula is C23H22N4O7S. The Morgan fingerprint density at radius 3 is 2.34 bits per heavy atom. The molecule has 0 spiro atoms. The van der Waals surface area contributed by atoms with Gasteiger partial charge in [0, 0.05) is 6.07 Å². The van der Waals surface area contributed by atoms with Gasteiger partial charge in [-0.3, -0.25) is 14.9 Å². The highest BCUT2D eigenvalue weighted by Gasteiger charge is 2.31. The average Bonchev–Trinajstić information content (AvgIpc) is 2.87. The number of carbonyl (C=O) groups excluding carboxylic acids is 1. The molecule has 3 aromatic rings. The van der Waals surface area contributed by atoms with Gasteiger partial charge in [-0.2, -0.15) is 5.10 Å². The zero-order valence-electron chi connectivity index (χ0n) is 18.8. The van der Waals surface area contributed by atoms with E-state index in [0.29, 0.717) is 21.4 Å². The zero-order chi connectivity index (χ0) is 25.4. The molecule has 0 atom stereocenters. The number of methoxy groups -OCH3 is 2. The topological polar surface area (TPSA) is 140 Å². The molecule has 12 heteroatoms. The number of hydrogen-bond acceptors (Lipinski definition) is 8. The van der Waals surface area contributed by atoms with Crippen molar-refractivity contribution in [3.05, 3.63) is 88.5 Å². The number of anilines is 1. The lowest BCUT2D eigenvalue weighted by Crippen LogP contribution is -2.39. The molecule has 0 saturated heterocycles. The van der Waals surface area contributed by atoms with Crippen molar-refractivity contribution in [2.45, 2.75) is 4.90 Å². The lowest BCUT2D eigenvalue weighted by atomic mass is 10.2. The molecule has 0 unspecified atom stereocenters. The van der Waals surface area contributed by atoms with E-state index in [9.17, 15) is 23.3 Å². The number of benzene rings is 3. The summed E-state index contributed by atoms with van der Waals surface area (Å²) in [6.07, 6.45) is 1.33. The molecule has 35 heavy (non-hydrogen) atoms. The number of nitrogens with one attached hydrogen (secondary N) is 1. The van der Waals surface area contributed by atoms with Crippen molar-refractivity contribution in [2.24, 2.45) is 5.10 Å². The van der Waals surface area contributed by atoms with Crippen LogP contribution in [0.1, 0.15) is 5.56 Å². The van der Waals surface area contributed by atoms with Gasteiger partial charge in [-0.25, -0.2) is 18.1 Å². The predicted molar refractivity (Wildman–Crippen MR) is 129 cm³/mol. The number of rotatable bonds is 10. The minimum Gasteiger partial charge on any atom is -0.493 e. The molecule has 0 bridgehead atoms. The van der Waals surface area contributed by atoms with Crippen LogP contribution in [0.25, 0.3) is 0 Å². The maximum absolute atomic E-state index is 13.3. The zero-order valence-corrected chi connectivity index (χ0v) is 19.6. The van der Waals surface area contributed by atoms with Crippen LogP contribution in [0, 0.1) is 10.1 Å². The lowest BCUT2D eigenvalue weighted by Gasteiger charge is -2.23. The molecular weight excluding hydrogens is 476 g/mol. The number of nitrogens with zero attached hydrogens (tertiary/aromatic N) is 3. The number of ether oxygens (including phenoxy) is 2. The largest absolute Gasteiger partial charge is 0.493 e. The molecule has 0 radical (unpaired) electrons. The van der Waals surface area contributed by atoms with Crippen molar-refractivity contribution >= 4 is 33.5 Å². The number of amides is 1. The van der Waals surface area contributed by atoms with Crippen LogP contribution in [0.2, 0.25) is 0 Å². The molecule has 0 fully saturated rings. The van der Waals surface area contributed by atoms with Crippen LogP contribution in [0.4, 0.5) is 11.4 Å². The Balaban J connectivity index is 1.88. The summed E-state index contributed by atoms with van der Waals surface area (Å²) >= 11 is 0. The molecule has 1 N–H and O–H groups in total. The maximum atomic E-state index is 13.3. The Hall–Kier alpha value is -4.45. The van der Waals surface area contributed by atoms with Crippen molar-refractivity contribution < 1.29 is 27.6 Å². The van der Waals surface area contributed by atoms with Crippen LogP contribution in [-0.2, 0) is 14.8 Å². The van der Waals surface area contributed by atoms with E-state index in [1.54, 1.807) is 24.3 Å². The Labute approximate surface area is 201 Å². The third-order valence-corrected chi connectivity index (χ3v) is 6.55. The fraction of sp³-hybridized carbons (Fsp3) is 0.130. The van der Waals surface area contributed by atoms with Gasteiger partial charge in [0.15, 0.2) is 11.5 Å². The molecule has 3 rings (SSSR count). The highest BCUT2D eigenvalue weighted by atomic mass is 32.2. The molecule has 0 aliphatic heterocycles. The fourth-order valence-corrected chi connectivity index (χ4v) is 4.58. The Kier molecular flexibility index (Phi) is 8.00. The van der Waals surface area contributed by atoms with E-state index in [1.165, 1.54) is 62.9 Å². The van der Waals surface area contributed by atoms with E-state index in [1.807, 2.05) is 0 Å². The Morgan fingerprint density at radius 1 is 1.03 bits per heavy atom. The molecule has 0 aliphatic carbocycles. The second-order valence-electron chi connectivity index (χ2n) is 6.98. The summed E-state index contributed by atoms with van der Waals surface area (Å²) in [4.78, 5) is 23.4. The third-order valence-electron chi connectivity index (χ3n) is 4.78. The number of nitro groups is 1. The van der Waals surface area contributed by atoms with E-state index in [-0.39, 0.29) is 10.6 Å². The van der Waals surface area contributed by atoms with Crippen LogP contribution >= 0.6 is 0 Å². The number of carbonyl (C=O) groups is 1. The first kappa shape index (κ1) is 25.2. The van der Waals surface area contributed by atoms with Crippen LogP contribution in [0.5, 0.6) is 11.5 Å². The summed E-state index contributed by atoms with van der Waals surface area (Å²) in [5, 5.41) is 15.4. The maximum Gasteiger partial charge on any atom is 0.293 e. The second-order valence-corrected chi connectivity index (χ2v) is 8.84. The summed E-state index contributed by atoms with van der Waals surface area (Å²) in [6, 6.07) is 17.6. The van der Waals surface area contributed by atoms with Crippen molar-refractivity contribution in [1.29, 1.82) is 0 Å². The molecule has 0 aromatic heterocycles. The van der Waals surface area contributed by atoms with Crippen LogP contribution in [0.3, 0.4) is 0 Å². The number of para-hydroxylation sites is 2. The highest BCUT2D eigenvalue weighted by Crippen LogP contribution is 2.32. The van der Waals surface area contributed by atoms with E-state index in [0.717, 1.165) is 6.07 Å². The average molecular weight is 499 g/mol. The van der Waals surface area contributed by atoms with Crippen molar-refractivity contribution in [3.8, 4) is 11.5 Å². The minimum atomic E-state index is -4.31. The van der Waals surface area contributed by atoms with Gasteiger partial charge in [0.05, 0.1) is 30.3 Å². The smallest absolute Gasteiger partial charge is 0.293 e. The second kappa shape index (κ2) is 11.1. The predicted octanol–water partition coefficient (Wildman–Crippen LogP) is 2.96. The van der Waals surface area contributed by atoms with E-state index >= 15 is 0 Å². The van der Waals surface area contributed by atoms with Gasteiger partial charge in [-0.15, -0.1) is 0 Å². The number of hydrogen-bond donors (Lipinski definition) is 1. The Morgan fingerprint density at radius 2 is 1.69 bits per heavy atom. The minimum absolute atomic E-state index is 0.125. The Bertz CT molecular complexity index is 1340. The first-order chi connectivity index (χ1) is 16.8. The number of sulfonamides is 1. The van der Waals surface area contributed by atoms with Gasteiger partial charge < -0.3 is 9.47 Å². The summed E-state index contributed by atoms with van der Waals surface area (Å²) in [5.41, 5.74) is 2.12. The number of hydrazone groups is 1. The molecule has 11 nitrogen and oxygen atoms in total. The van der Waals surface area contributed by atoms with E-state index < -0.39 is 33.1 Å². The summed E-state index contributed by atoms with van der Waals surface area (Å²) in [7, 11) is -1.34. The fourth-order valence-electron chi connectivity index (χ4n) is 3.13. The quantitative estimate of drug-likeness (QED) is 0.257. The molecule has 0 aliphatic rings. The molecule has 0 heterocycles. The lowest BCUT2D eigenvalue weighted by molar-refractivity contribution is -0.384. The molecule has 182 valence electrons. The van der Waals surface area contributed by atoms with Gasteiger partial charge in [-0.1, -0.05) is 30.3 Å². The molecule has 3 aromatic carbocycles. The first-order valence-electron chi connectivity index (χ1n) is 10.1.